The van der Waals surface area contributed by atoms with E-state index in [0.29, 0.717) is 17.0 Å². The van der Waals surface area contributed by atoms with Crippen LogP contribution in [0.2, 0.25) is 15.5 Å². The normalized spacial score (nSPS) is 28.6. The quantitative estimate of drug-likeness (QED) is 0.502. The number of aliphatic hydroxyl groups excluding tert-OH is 1. The Labute approximate surface area is 156 Å². The van der Waals surface area contributed by atoms with Crippen molar-refractivity contribution < 1.29 is 9.90 Å². The molecule has 0 heterocycles. The number of carbonyl (C=O) groups is 1. The fourth-order valence-corrected chi connectivity index (χ4v) is 4.54. The van der Waals surface area contributed by atoms with E-state index < -0.39 is 16.9 Å². The van der Waals surface area contributed by atoms with E-state index in [0.717, 1.165) is 21.9 Å². The number of hydrogen-bond acceptors (Lipinski definition) is 3. The van der Waals surface area contributed by atoms with Gasteiger partial charge in [0.05, 0.1) is 21.2 Å². The number of rotatable bonds is 1. The lowest BCUT2D eigenvalue weighted by molar-refractivity contribution is -0.137. The van der Waals surface area contributed by atoms with Crippen molar-refractivity contribution in [3.63, 3.8) is 0 Å². The van der Waals surface area contributed by atoms with E-state index in [4.69, 9.17) is 17.3 Å². The summed E-state index contributed by atoms with van der Waals surface area (Å²) < 4.78 is 0. The number of ketones is 1. The van der Waals surface area contributed by atoms with Gasteiger partial charge in [-0.2, -0.15) is 0 Å². The molecule has 0 aliphatic heterocycles. The van der Waals surface area contributed by atoms with Crippen LogP contribution in [0.25, 0.3) is 0 Å². The first-order valence-electron chi connectivity index (χ1n) is 8.49. The van der Waals surface area contributed by atoms with Gasteiger partial charge in [-0.3, -0.25) is 4.79 Å². The predicted molar refractivity (Wildman–Crippen MR) is 125 cm³/mol. The van der Waals surface area contributed by atoms with Crippen molar-refractivity contribution in [3.05, 3.63) is 10.6 Å². The van der Waals surface area contributed by atoms with Crippen molar-refractivity contribution in [3.8, 4) is 0 Å². The van der Waals surface area contributed by atoms with E-state index in [1.165, 1.54) is 0 Å². The third-order valence-corrected chi connectivity index (χ3v) is 7.55. The molecular weight excluding hydrogens is 312 g/mol. The largest absolute Gasteiger partial charge is 0.385 e. The zero-order valence-corrected chi connectivity index (χ0v) is 16.9. The molecule has 1 saturated carbocycles. The van der Waals surface area contributed by atoms with Gasteiger partial charge >= 0.3 is 0 Å². The Hall–Kier alpha value is -0.381. The van der Waals surface area contributed by atoms with Gasteiger partial charge in [-0.1, -0.05) is 33.0 Å². The van der Waals surface area contributed by atoms with Crippen LogP contribution in [0.4, 0.5) is 0 Å². The van der Waals surface area contributed by atoms with Crippen LogP contribution in [0.15, 0.2) is 0 Å². The van der Waals surface area contributed by atoms with Crippen LogP contribution < -0.4 is 27.6 Å². The van der Waals surface area contributed by atoms with Crippen LogP contribution in [-0.4, -0.2) is 79.8 Å². The molecule has 2 atom stereocenters. The Bertz CT molecular complexity index is 711. The second-order valence-electron chi connectivity index (χ2n) is 8.59. The summed E-state index contributed by atoms with van der Waals surface area (Å²) in [5.74, 6) is -0.334. The van der Waals surface area contributed by atoms with E-state index in [-0.39, 0.29) is 11.0 Å². The molecule has 1 aliphatic carbocycles. The molecule has 1 aromatic rings. The van der Waals surface area contributed by atoms with Gasteiger partial charge in [-0.15, -0.1) is 10.9 Å². The van der Waals surface area contributed by atoms with Crippen molar-refractivity contribution >= 4 is 102 Å². The Kier molecular flexibility index (Phi) is 4.84. The van der Waals surface area contributed by atoms with Crippen molar-refractivity contribution in [2.45, 2.75) is 28.5 Å². The lowest BCUT2D eigenvalue weighted by Gasteiger charge is -2.59. The van der Waals surface area contributed by atoms with Crippen molar-refractivity contribution in [1.82, 2.24) is 0 Å². The highest BCUT2D eigenvalue weighted by atomic mass is 35.5. The number of carbonyl (C=O) groups excluding carboxylic acids is 1. The summed E-state index contributed by atoms with van der Waals surface area (Å²) in [7, 11) is 16.1. The van der Waals surface area contributed by atoms with Crippen LogP contribution in [0.1, 0.15) is 12.0 Å². The number of aliphatic hydroxyl groups is 1. The molecule has 2 unspecified atom stereocenters. The van der Waals surface area contributed by atoms with Crippen LogP contribution >= 0.6 is 11.6 Å². The maximum absolute atomic E-state index is 13.1. The molecule has 12 heteroatoms. The highest BCUT2D eigenvalue weighted by Gasteiger charge is 2.61. The average Bonchev–Trinajstić information content (AvgIpc) is 2.48. The van der Waals surface area contributed by atoms with Crippen LogP contribution in [-0.2, 0) is 10.3 Å². The molecule has 3 N–H and O–H groups in total. The van der Waals surface area contributed by atoms with Gasteiger partial charge in [0.25, 0.3) is 0 Å². The summed E-state index contributed by atoms with van der Waals surface area (Å²) in [6, 6.07) is 0. The smallest absolute Gasteiger partial charge is 0.184 e. The number of hydrogen-bond donors (Lipinski definition) is 2. The predicted octanol–water partition coefficient (Wildman–Crippen LogP) is -9.37. The minimum absolute atomic E-state index is 0.322. The summed E-state index contributed by atoms with van der Waals surface area (Å²) >= 11 is 6.72. The lowest BCUT2D eigenvalue weighted by Crippen LogP contribution is -2.69. The minimum Gasteiger partial charge on any atom is -0.385 e. The van der Waals surface area contributed by atoms with E-state index in [2.05, 4.69) is 15.7 Å². The van der Waals surface area contributed by atoms with Gasteiger partial charge in [0.2, 0.25) is 0 Å². The van der Waals surface area contributed by atoms with E-state index in [9.17, 15) is 9.90 Å². The lowest BCUT2D eigenvalue weighted by atomic mass is 9.21. The van der Waals surface area contributed by atoms with Gasteiger partial charge in [-0.05, 0) is 12.0 Å². The molecule has 0 radical (unpaired) electrons. The Balaban J connectivity index is 2.94. The van der Waals surface area contributed by atoms with E-state index in [1.807, 2.05) is 47.1 Å². The van der Waals surface area contributed by atoms with E-state index in [1.54, 1.807) is 0 Å². The van der Waals surface area contributed by atoms with Crippen LogP contribution in [0.5, 0.6) is 0 Å². The van der Waals surface area contributed by atoms with Crippen molar-refractivity contribution in [2.24, 2.45) is 5.73 Å². The van der Waals surface area contributed by atoms with Gasteiger partial charge < -0.3 is 10.8 Å². The fourth-order valence-electron chi connectivity index (χ4n) is 4.11. The third kappa shape index (κ3) is 2.34. The van der Waals surface area contributed by atoms with Crippen molar-refractivity contribution in [1.29, 1.82) is 0 Å². The first-order valence-corrected chi connectivity index (χ1v) is 8.87. The molecule has 1 aromatic carbocycles. The zero-order chi connectivity index (χ0) is 18.8. The van der Waals surface area contributed by atoms with Gasteiger partial charge in [-0.25, -0.2) is 0 Å². The molecule has 0 spiro atoms. The maximum Gasteiger partial charge on any atom is 0.184 e. The standard InChI is InChI=1S/C12H22B8ClNO2/c13-4-3(8(21)7(16)6(15)5(4)14)11(22)9(24)2(23)1-10(17,18)12(11,19)20/h2,23H,1,13-20,22H2. The number of benzene rings is 1. The first-order chi connectivity index (χ1) is 10.7. The first kappa shape index (κ1) is 19.9. The molecule has 118 valence electrons. The molecule has 1 fully saturated rings. The van der Waals surface area contributed by atoms with Crippen molar-refractivity contribution in [2.75, 3.05) is 0 Å². The second kappa shape index (κ2) is 5.82. The topological polar surface area (TPSA) is 63.3 Å². The number of halogens is 1. The van der Waals surface area contributed by atoms with Crippen LogP contribution in [0.3, 0.4) is 0 Å². The van der Waals surface area contributed by atoms with Gasteiger partial charge in [0.15, 0.2) is 5.78 Å². The highest BCUT2D eigenvalue weighted by Crippen LogP contribution is 2.59. The minimum atomic E-state index is -1.33. The Morgan fingerprint density at radius 2 is 1.46 bits per heavy atom. The monoisotopic (exact) mass is 335 g/mol. The Morgan fingerprint density at radius 1 is 1.00 bits per heavy atom. The maximum atomic E-state index is 13.1. The second-order valence-corrected chi connectivity index (χ2v) is 8.97. The summed E-state index contributed by atoms with van der Waals surface area (Å²) in [6.45, 7) is 0. The summed E-state index contributed by atoms with van der Waals surface area (Å²) in [4.78, 5) is 13.1. The van der Waals surface area contributed by atoms with Gasteiger partial charge in [0.1, 0.15) is 53.2 Å². The summed E-state index contributed by atoms with van der Waals surface area (Å²) in [6.07, 6.45) is -0.673. The van der Waals surface area contributed by atoms with E-state index >= 15 is 0 Å². The highest BCUT2D eigenvalue weighted by molar-refractivity contribution is 6.66. The third-order valence-electron chi connectivity index (χ3n) is 7.08. The Morgan fingerprint density at radius 3 is 1.96 bits per heavy atom. The molecule has 2 rings (SSSR count). The number of nitrogens with two attached hydrogens (primary N) is 1. The SMILES string of the molecule is Bc1c(B)c(B)c(C2(N)C(=O)C(O)CC(B)(B)C2(B)B)c(Cl)c1B. The molecule has 0 saturated heterocycles. The molecule has 0 bridgehead atoms. The molecule has 1 aliphatic rings. The van der Waals surface area contributed by atoms with Crippen LogP contribution in [0, 0.1) is 0 Å². The molecule has 0 aromatic heterocycles. The summed E-state index contributed by atoms with van der Waals surface area (Å²) in [5, 5.41) is 10.1. The summed E-state index contributed by atoms with van der Waals surface area (Å²) in [5.41, 5.74) is 10.3. The molecule has 24 heavy (non-hydrogen) atoms. The fraction of sp³-hybridized carbons (Fsp3) is 0.417. The molecular formula is C12H22B8ClNO2. The zero-order valence-electron chi connectivity index (χ0n) is 16.1. The average molecular weight is 334 g/mol. The number of Topliss-reactive ketones (excluding diaryl/α,β-unsaturated/α-hetero) is 1. The molecule has 0 amide bonds. The van der Waals surface area contributed by atoms with Gasteiger partial charge in [0, 0.05) is 5.02 Å². The molecule has 3 nitrogen and oxygen atoms in total.